The number of amidine groups is 1. The molecule has 1 aliphatic heterocycles. The normalized spacial score (nSPS) is 14.8. The van der Waals surface area contributed by atoms with Crippen molar-refractivity contribution < 1.29 is 22.3 Å². The monoisotopic (exact) mass is 380 g/mol. The van der Waals surface area contributed by atoms with E-state index in [1.165, 1.54) is 6.07 Å². The average Bonchev–Trinajstić information content (AvgIpc) is 2.59. The number of hydrogen-bond acceptors (Lipinski definition) is 6. The summed E-state index contributed by atoms with van der Waals surface area (Å²) in [6.45, 7) is 0.139. The molecule has 1 N–H and O–H groups in total. The molecule has 3 rings (SSSR count). The van der Waals surface area contributed by atoms with Gasteiger partial charge in [-0.2, -0.15) is 8.42 Å². The zero-order chi connectivity index (χ0) is 17.9. The lowest BCUT2D eigenvalue weighted by Crippen LogP contribution is -2.21. The van der Waals surface area contributed by atoms with Crippen molar-refractivity contribution in [3.8, 4) is 0 Å². The molecule has 0 bridgehead atoms. The molecule has 0 aliphatic carbocycles. The summed E-state index contributed by atoms with van der Waals surface area (Å²) in [5.74, 6) is -1.27. The number of nitrogens with one attached hydrogen (secondary N) is 1. The first-order chi connectivity index (χ1) is 11.9. The Labute approximate surface area is 148 Å². The third-order valence-electron chi connectivity index (χ3n) is 3.24. The van der Waals surface area contributed by atoms with Crippen molar-refractivity contribution in [2.24, 2.45) is 4.40 Å². The van der Waals surface area contributed by atoms with E-state index in [2.05, 4.69) is 9.71 Å². The summed E-state index contributed by atoms with van der Waals surface area (Å²) in [5.41, 5.74) is 1.07. The highest BCUT2D eigenvalue weighted by molar-refractivity contribution is 8.15. The van der Waals surface area contributed by atoms with Crippen molar-refractivity contribution in [3.05, 3.63) is 59.9 Å². The number of hydrogen-bond donors (Lipinski definition) is 1. The zero-order valence-corrected chi connectivity index (χ0v) is 14.4. The number of esters is 1. The molecule has 2 aromatic rings. The molecule has 2 aromatic carbocycles. The molecule has 1 heterocycles. The minimum atomic E-state index is -4.00. The molecule has 1 aliphatic rings. The number of rotatable bonds is 4. The molecule has 130 valence electrons. The fourth-order valence-corrected chi connectivity index (χ4v) is 4.12. The number of thioether (sulfide) groups is 1. The van der Waals surface area contributed by atoms with E-state index in [1.807, 2.05) is 30.3 Å². The van der Waals surface area contributed by atoms with Crippen LogP contribution in [-0.4, -0.2) is 25.3 Å². The first kappa shape index (κ1) is 17.4. The first-order valence-corrected chi connectivity index (χ1v) is 9.60. The van der Waals surface area contributed by atoms with Gasteiger partial charge in [0.2, 0.25) is 0 Å². The van der Waals surface area contributed by atoms with Crippen molar-refractivity contribution in [2.45, 2.75) is 11.5 Å². The summed E-state index contributed by atoms with van der Waals surface area (Å²) >= 11 is 0.902. The van der Waals surface area contributed by atoms with Gasteiger partial charge in [0.1, 0.15) is 17.3 Å². The van der Waals surface area contributed by atoms with Gasteiger partial charge in [0.15, 0.2) is 5.17 Å². The number of carbonyl (C=O) groups is 1. The van der Waals surface area contributed by atoms with Gasteiger partial charge in [0.25, 0.3) is 10.0 Å². The topological polar surface area (TPSA) is 84.8 Å². The third kappa shape index (κ3) is 4.37. The van der Waals surface area contributed by atoms with Crippen molar-refractivity contribution in [2.75, 3.05) is 11.1 Å². The van der Waals surface area contributed by atoms with E-state index in [9.17, 15) is 17.6 Å². The van der Waals surface area contributed by atoms with E-state index in [1.54, 1.807) is 0 Å². The number of halogens is 1. The van der Waals surface area contributed by atoms with Crippen LogP contribution in [-0.2, 0) is 26.2 Å². The second kappa shape index (κ2) is 7.24. The number of sulfonamides is 1. The van der Waals surface area contributed by atoms with Gasteiger partial charge >= 0.3 is 5.97 Å². The maximum absolute atomic E-state index is 13.2. The maximum atomic E-state index is 13.2. The Bertz CT molecular complexity index is 930. The van der Waals surface area contributed by atoms with Crippen LogP contribution in [0.1, 0.15) is 5.56 Å². The van der Waals surface area contributed by atoms with Gasteiger partial charge in [-0.1, -0.05) is 42.1 Å². The highest BCUT2D eigenvalue weighted by Gasteiger charge is 2.26. The van der Waals surface area contributed by atoms with Crippen LogP contribution in [0.15, 0.2) is 57.8 Å². The molecule has 0 aromatic heterocycles. The van der Waals surface area contributed by atoms with E-state index >= 15 is 0 Å². The van der Waals surface area contributed by atoms with Crippen molar-refractivity contribution >= 4 is 38.6 Å². The van der Waals surface area contributed by atoms with Crippen molar-refractivity contribution in [1.29, 1.82) is 0 Å². The lowest BCUT2D eigenvalue weighted by molar-refractivity contribution is -0.141. The van der Waals surface area contributed by atoms with Crippen molar-refractivity contribution in [3.63, 3.8) is 0 Å². The van der Waals surface area contributed by atoms with Gasteiger partial charge in [0.05, 0.1) is 11.4 Å². The average molecular weight is 380 g/mol. The molecular weight excluding hydrogens is 367 g/mol. The van der Waals surface area contributed by atoms with Crippen LogP contribution in [0.5, 0.6) is 0 Å². The Hall–Kier alpha value is -2.39. The second-order valence-electron chi connectivity index (χ2n) is 5.07. The van der Waals surface area contributed by atoms with Gasteiger partial charge in [0, 0.05) is 0 Å². The largest absolute Gasteiger partial charge is 0.460 e. The number of carbonyl (C=O) groups excluding carboxylic acids is 1. The summed E-state index contributed by atoms with van der Waals surface area (Å²) in [6.07, 6.45) is 0. The van der Waals surface area contributed by atoms with Gasteiger partial charge < -0.3 is 10.1 Å². The predicted octanol–water partition coefficient (Wildman–Crippen LogP) is 2.77. The quantitative estimate of drug-likeness (QED) is 0.821. The van der Waals surface area contributed by atoms with Gasteiger partial charge in [-0.25, -0.2) is 4.39 Å². The molecule has 0 fully saturated rings. The van der Waals surface area contributed by atoms with Gasteiger partial charge in [-0.05, 0) is 23.8 Å². The standard InChI is InChI=1S/C16H13FN2O4S2/c17-12-6-7-13-14(8-12)25(21,22)19-16(18-13)24-10-15(20)23-9-11-4-2-1-3-5-11/h1-8H,9-10H2,(H,18,19). The van der Waals surface area contributed by atoms with E-state index in [4.69, 9.17) is 4.74 Å². The van der Waals surface area contributed by atoms with Gasteiger partial charge in [-0.3, -0.25) is 4.79 Å². The molecule has 0 atom stereocenters. The van der Waals surface area contributed by atoms with Crippen LogP contribution in [0.3, 0.4) is 0 Å². The van der Waals surface area contributed by atoms with E-state index < -0.39 is 21.8 Å². The molecule has 25 heavy (non-hydrogen) atoms. The van der Waals surface area contributed by atoms with Crippen LogP contribution in [0, 0.1) is 5.82 Å². The number of benzene rings is 2. The van der Waals surface area contributed by atoms with Crippen LogP contribution in [0.2, 0.25) is 0 Å². The molecule has 0 radical (unpaired) electrons. The minimum absolute atomic E-state index is 0.0377. The Morgan fingerprint density at radius 2 is 1.96 bits per heavy atom. The van der Waals surface area contributed by atoms with E-state index in [0.29, 0.717) is 0 Å². The van der Waals surface area contributed by atoms with E-state index in [0.717, 1.165) is 29.5 Å². The minimum Gasteiger partial charge on any atom is -0.460 e. The number of anilines is 1. The highest BCUT2D eigenvalue weighted by atomic mass is 32.2. The Morgan fingerprint density at radius 3 is 2.72 bits per heavy atom. The Morgan fingerprint density at radius 1 is 1.20 bits per heavy atom. The Balaban J connectivity index is 1.60. The van der Waals surface area contributed by atoms with Crippen LogP contribution in [0.4, 0.5) is 10.1 Å². The molecule has 0 unspecified atom stereocenters. The van der Waals surface area contributed by atoms with Crippen LogP contribution in [0.25, 0.3) is 0 Å². The number of fused-ring (bicyclic) bond motifs is 1. The SMILES string of the molecule is O=C(CSC1=NS(=O)(=O)c2cc(F)ccc2N1)OCc1ccccc1. The number of ether oxygens (including phenoxy) is 1. The van der Waals surface area contributed by atoms with E-state index in [-0.39, 0.29) is 28.1 Å². The second-order valence-corrected chi connectivity index (χ2v) is 7.61. The zero-order valence-electron chi connectivity index (χ0n) is 12.8. The van der Waals surface area contributed by atoms with Crippen LogP contribution >= 0.6 is 11.8 Å². The predicted molar refractivity (Wildman–Crippen MR) is 93.3 cm³/mol. The fraction of sp³-hybridized carbons (Fsp3) is 0.125. The summed E-state index contributed by atoms with van der Waals surface area (Å²) < 4.78 is 46.0. The smallest absolute Gasteiger partial charge is 0.316 e. The molecule has 0 amide bonds. The molecule has 9 heteroatoms. The first-order valence-electron chi connectivity index (χ1n) is 7.18. The lowest BCUT2D eigenvalue weighted by atomic mass is 10.2. The molecule has 0 saturated carbocycles. The molecule has 0 saturated heterocycles. The van der Waals surface area contributed by atoms with Crippen molar-refractivity contribution in [1.82, 2.24) is 0 Å². The number of nitrogens with zero attached hydrogens (tertiary/aromatic N) is 1. The summed E-state index contributed by atoms with van der Waals surface area (Å²) in [7, 11) is -4.00. The maximum Gasteiger partial charge on any atom is 0.316 e. The lowest BCUT2D eigenvalue weighted by Gasteiger charge is -2.17. The molecular formula is C16H13FN2O4S2. The molecule has 6 nitrogen and oxygen atoms in total. The highest BCUT2D eigenvalue weighted by Crippen LogP contribution is 2.30. The van der Waals surface area contributed by atoms with Gasteiger partial charge in [-0.15, -0.1) is 4.40 Å². The third-order valence-corrected chi connectivity index (χ3v) is 5.51. The fourth-order valence-electron chi connectivity index (χ4n) is 2.08. The molecule has 0 spiro atoms. The summed E-state index contributed by atoms with van der Waals surface area (Å²) in [6, 6.07) is 12.5. The summed E-state index contributed by atoms with van der Waals surface area (Å²) in [5, 5.41) is 2.81. The Kier molecular flexibility index (Phi) is 5.05. The van der Waals surface area contributed by atoms with Crippen LogP contribution < -0.4 is 5.32 Å². The summed E-state index contributed by atoms with van der Waals surface area (Å²) in [4.78, 5) is 11.6.